The number of hydrogen-bond acceptors (Lipinski definition) is 2. The van der Waals surface area contributed by atoms with Crippen molar-refractivity contribution in [1.82, 2.24) is 5.32 Å². The highest BCUT2D eigenvalue weighted by molar-refractivity contribution is 5.90. The molecule has 0 unspecified atom stereocenters. The monoisotopic (exact) mass is 210 g/mol. The van der Waals surface area contributed by atoms with Gasteiger partial charge in [0.25, 0.3) is 0 Å². The van der Waals surface area contributed by atoms with E-state index in [1.165, 1.54) is 0 Å². The zero-order chi connectivity index (χ0) is 11.4. The number of carbonyl (C=O) groups is 1. The van der Waals surface area contributed by atoms with E-state index in [9.17, 15) is 4.79 Å². The van der Waals surface area contributed by atoms with Crippen LogP contribution in [0.5, 0.6) is 0 Å². The molecule has 1 N–H and O–H groups in total. The normalized spacial score (nSPS) is 9.69. The minimum absolute atomic E-state index is 0.231. The highest BCUT2D eigenvalue weighted by Crippen LogP contribution is 2.18. The quantitative estimate of drug-likeness (QED) is 0.608. The third-order valence-electron chi connectivity index (χ3n) is 2.43. The fourth-order valence-corrected chi connectivity index (χ4v) is 1.73. The summed E-state index contributed by atoms with van der Waals surface area (Å²) in [7, 11) is 0. The molecule has 16 heavy (non-hydrogen) atoms. The summed E-state index contributed by atoms with van der Waals surface area (Å²) in [6, 6.07) is 13.7. The van der Waals surface area contributed by atoms with E-state index < -0.39 is 0 Å². The van der Waals surface area contributed by atoms with E-state index in [-0.39, 0.29) is 12.3 Å². The number of nitriles is 1. The number of nitrogens with zero attached hydrogens (tertiary/aromatic N) is 1. The molecule has 3 nitrogen and oxygen atoms in total. The maximum Gasteiger partial charge on any atom is 0.237 e. The minimum atomic E-state index is -0.279. The summed E-state index contributed by atoms with van der Waals surface area (Å²) < 4.78 is 0. The van der Waals surface area contributed by atoms with Crippen molar-refractivity contribution in [2.45, 2.75) is 6.42 Å². The van der Waals surface area contributed by atoms with Gasteiger partial charge < -0.3 is 0 Å². The molecule has 0 bridgehead atoms. The maximum absolute atomic E-state index is 11.3. The smallest absolute Gasteiger partial charge is 0.237 e. The molecule has 2 aromatic carbocycles. The Morgan fingerprint density at radius 1 is 1.19 bits per heavy atom. The molecule has 0 spiro atoms. The summed E-state index contributed by atoms with van der Waals surface area (Å²) in [5.41, 5.74) is 0.936. The van der Waals surface area contributed by atoms with Crippen LogP contribution in [-0.2, 0) is 11.2 Å². The average molecular weight is 210 g/mol. The summed E-state index contributed by atoms with van der Waals surface area (Å²) in [6.45, 7) is 0. The van der Waals surface area contributed by atoms with E-state index in [1.807, 2.05) is 42.5 Å². The Balaban J connectivity index is 2.38. The summed E-state index contributed by atoms with van der Waals surface area (Å²) in [6.07, 6.45) is 1.87. The molecular weight excluding hydrogens is 200 g/mol. The minimum Gasteiger partial charge on any atom is -0.274 e. The SMILES string of the molecule is N#CNC(=O)Cc1cccc2ccccc12. The Labute approximate surface area is 93.3 Å². The fourth-order valence-electron chi connectivity index (χ4n) is 1.73. The average Bonchev–Trinajstić information content (AvgIpc) is 2.30. The lowest BCUT2D eigenvalue weighted by Crippen LogP contribution is -2.19. The first-order valence-electron chi connectivity index (χ1n) is 4.96. The summed E-state index contributed by atoms with van der Waals surface area (Å²) in [4.78, 5) is 11.3. The number of fused-ring (bicyclic) bond motifs is 1. The van der Waals surface area contributed by atoms with Gasteiger partial charge in [-0.1, -0.05) is 42.5 Å². The molecule has 2 rings (SSSR count). The molecule has 0 saturated carbocycles. The molecule has 0 saturated heterocycles. The highest BCUT2D eigenvalue weighted by Gasteiger charge is 2.05. The van der Waals surface area contributed by atoms with E-state index >= 15 is 0 Å². The van der Waals surface area contributed by atoms with Gasteiger partial charge in [0.2, 0.25) is 5.91 Å². The van der Waals surface area contributed by atoms with Crippen molar-refractivity contribution in [1.29, 1.82) is 5.26 Å². The lowest BCUT2D eigenvalue weighted by Gasteiger charge is -2.04. The van der Waals surface area contributed by atoms with Crippen LogP contribution in [0.2, 0.25) is 0 Å². The number of hydrogen-bond donors (Lipinski definition) is 1. The van der Waals surface area contributed by atoms with Crippen LogP contribution in [0.1, 0.15) is 5.56 Å². The number of benzene rings is 2. The molecule has 0 fully saturated rings. The number of amides is 1. The van der Waals surface area contributed by atoms with Crippen LogP contribution in [0, 0.1) is 11.5 Å². The number of carbonyl (C=O) groups excluding carboxylic acids is 1. The Kier molecular flexibility index (Phi) is 2.84. The highest BCUT2D eigenvalue weighted by atomic mass is 16.1. The van der Waals surface area contributed by atoms with Crippen molar-refractivity contribution in [3.63, 3.8) is 0 Å². The molecule has 0 aliphatic heterocycles. The van der Waals surface area contributed by atoms with Crippen LogP contribution >= 0.6 is 0 Å². The van der Waals surface area contributed by atoms with Gasteiger partial charge in [-0.2, -0.15) is 5.26 Å². The second kappa shape index (κ2) is 4.45. The van der Waals surface area contributed by atoms with Crippen LogP contribution in [0.25, 0.3) is 10.8 Å². The summed E-state index contributed by atoms with van der Waals surface area (Å²) in [5, 5.41) is 12.6. The van der Waals surface area contributed by atoms with Crippen molar-refractivity contribution >= 4 is 16.7 Å². The van der Waals surface area contributed by atoms with Crippen molar-refractivity contribution in [2.24, 2.45) is 0 Å². The summed E-state index contributed by atoms with van der Waals surface area (Å²) in [5.74, 6) is -0.279. The van der Waals surface area contributed by atoms with Gasteiger partial charge in [-0.15, -0.1) is 0 Å². The first-order chi connectivity index (χ1) is 7.81. The zero-order valence-corrected chi connectivity index (χ0v) is 8.60. The lowest BCUT2D eigenvalue weighted by atomic mass is 10.0. The topological polar surface area (TPSA) is 52.9 Å². The Bertz CT molecular complexity index is 564. The Morgan fingerprint density at radius 2 is 1.94 bits per heavy atom. The molecule has 78 valence electrons. The third kappa shape index (κ3) is 2.01. The second-order valence-corrected chi connectivity index (χ2v) is 3.48. The molecule has 3 heteroatoms. The van der Waals surface area contributed by atoms with E-state index in [1.54, 1.807) is 6.19 Å². The lowest BCUT2D eigenvalue weighted by molar-refractivity contribution is -0.119. The first kappa shape index (κ1) is 10.2. The van der Waals surface area contributed by atoms with Crippen LogP contribution in [0.4, 0.5) is 0 Å². The number of nitrogens with one attached hydrogen (secondary N) is 1. The molecule has 0 aliphatic carbocycles. The first-order valence-corrected chi connectivity index (χ1v) is 4.96. The molecule has 0 aliphatic rings. The van der Waals surface area contributed by atoms with Gasteiger partial charge in [0.15, 0.2) is 6.19 Å². The molecule has 0 atom stereocenters. The number of rotatable bonds is 2. The molecule has 2 aromatic rings. The van der Waals surface area contributed by atoms with Crippen molar-refractivity contribution in [3.05, 3.63) is 48.0 Å². The Hall–Kier alpha value is -2.34. The van der Waals surface area contributed by atoms with Gasteiger partial charge in [0.05, 0.1) is 6.42 Å². The van der Waals surface area contributed by atoms with E-state index in [0.29, 0.717) is 0 Å². The molecular formula is C13H10N2O. The Morgan fingerprint density at radius 3 is 2.75 bits per heavy atom. The largest absolute Gasteiger partial charge is 0.274 e. The standard InChI is InChI=1S/C13H10N2O/c14-9-15-13(16)8-11-6-3-5-10-4-1-2-7-12(10)11/h1-7H,8H2,(H,15,16). The van der Waals surface area contributed by atoms with Gasteiger partial charge in [0, 0.05) is 0 Å². The summed E-state index contributed by atoms with van der Waals surface area (Å²) >= 11 is 0. The molecule has 0 aromatic heterocycles. The van der Waals surface area contributed by atoms with E-state index in [0.717, 1.165) is 16.3 Å². The molecule has 0 heterocycles. The fraction of sp³-hybridized carbons (Fsp3) is 0.0769. The van der Waals surface area contributed by atoms with Gasteiger partial charge in [0.1, 0.15) is 0 Å². The van der Waals surface area contributed by atoms with Gasteiger partial charge in [-0.05, 0) is 16.3 Å². The predicted molar refractivity (Wildman–Crippen MR) is 61.4 cm³/mol. The van der Waals surface area contributed by atoms with Crippen LogP contribution in [0.15, 0.2) is 42.5 Å². The van der Waals surface area contributed by atoms with Crippen LogP contribution < -0.4 is 5.32 Å². The van der Waals surface area contributed by atoms with Crippen LogP contribution in [0.3, 0.4) is 0 Å². The van der Waals surface area contributed by atoms with Crippen molar-refractivity contribution in [3.8, 4) is 6.19 Å². The van der Waals surface area contributed by atoms with Gasteiger partial charge in [-0.3, -0.25) is 10.1 Å². The molecule has 1 amide bonds. The van der Waals surface area contributed by atoms with Crippen LogP contribution in [-0.4, -0.2) is 5.91 Å². The van der Waals surface area contributed by atoms with Crippen molar-refractivity contribution < 1.29 is 4.79 Å². The second-order valence-electron chi connectivity index (χ2n) is 3.48. The van der Waals surface area contributed by atoms with Gasteiger partial charge in [-0.25, -0.2) is 0 Å². The van der Waals surface area contributed by atoms with E-state index in [2.05, 4.69) is 5.32 Å². The molecule has 0 radical (unpaired) electrons. The van der Waals surface area contributed by atoms with Gasteiger partial charge >= 0.3 is 0 Å². The third-order valence-corrected chi connectivity index (χ3v) is 2.43. The van der Waals surface area contributed by atoms with Crippen molar-refractivity contribution in [2.75, 3.05) is 0 Å². The zero-order valence-electron chi connectivity index (χ0n) is 8.60. The maximum atomic E-state index is 11.3. The van der Waals surface area contributed by atoms with E-state index in [4.69, 9.17) is 5.26 Å². The predicted octanol–water partition coefficient (Wildman–Crippen LogP) is 1.98.